The van der Waals surface area contributed by atoms with E-state index < -0.39 is 0 Å². The molecule has 1 aromatic rings. The minimum atomic E-state index is 0.0205. The third kappa shape index (κ3) is 4.15. The molecule has 0 saturated heterocycles. The zero-order valence-electron chi connectivity index (χ0n) is 11.3. The number of nitrogens with two attached hydrogens (primary N) is 1. The fourth-order valence-corrected chi connectivity index (χ4v) is 1.98. The maximum Gasteiger partial charge on any atom is 0.122 e. The van der Waals surface area contributed by atoms with E-state index in [1.165, 1.54) is 0 Å². The van der Waals surface area contributed by atoms with Gasteiger partial charge in [-0.3, -0.25) is 4.90 Å². The van der Waals surface area contributed by atoms with Crippen molar-refractivity contribution in [3.05, 3.63) is 23.7 Å². The van der Waals surface area contributed by atoms with Crippen LogP contribution in [0.3, 0.4) is 0 Å². The molecule has 0 aliphatic carbocycles. The van der Waals surface area contributed by atoms with Crippen LogP contribution in [0.2, 0.25) is 0 Å². The summed E-state index contributed by atoms with van der Waals surface area (Å²) in [4.78, 5) is 2.18. The van der Waals surface area contributed by atoms with Crippen molar-refractivity contribution in [2.45, 2.75) is 32.9 Å². The molecule has 0 amide bonds. The summed E-state index contributed by atoms with van der Waals surface area (Å²) in [6.45, 7) is 8.26. The van der Waals surface area contributed by atoms with Crippen LogP contribution in [-0.4, -0.2) is 37.7 Å². The fourth-order valence-electron chi connectivity index (χ4n) is 1.98. The van der Waals surface area contributed by atoms with E-state index in [-0.39, 0.29) is 12.1 Å². The van der Waals surface area contributed by atoms with Gasteiger partial charge >= 0.3 is 0 Å². The number of rotatable bonds is 7. The van der Waals surface area contributed by atoms with Gasteiger partial charge in [0, 0.05) is 19.2 Å². The molecule has 4 heteroatoms. The van der Waals surface area contributed by atoms with Crippen LogP contribution in [0.15, 0.2) is 16.5 Å². The SMILES string of the molecule is CCOCCN(C)C(c1ccc(C)o1)C(C)N. The predicted octanol–water partition coefficient (Wildman–Crippen LogP) is 1.94. The van der Waals surface area contributed by atoms with E-state index in [4.69, 9.17) is 14.9 Å². The Morgan fingerprint density at radius 2 is 2.18 bits per heavy atom. The van der Waals surface area contributed by atoms with E-state index in [0.717, 1.165) is 31.3 Å². The van der Waals surface area contributed by atoms with Gasteiger partial charge < -0.3 is 14.9 Å². The minimum Gasteiger partial charge on any atom is -0.465 e. The van der Waals surface area contributed by atoms with Crippen LogP contribution < -0.4 is 5.73 Å². The Kier molecular flexibility index (Phi) is 5.68. The van der Waals surface area contributed by atoms with Crippen LogP contribution in [0.4, 0.5) is 0 Å². The van der Waals surface area contributed by atoms with E-state index in [1.54, 1.807) is 0 Å². The van der Waals surface area contributed by atoms with Crippen molar-refractivity contribution in [2.75, 3.05) is 26.8 Å². The van der Waals surface area contributed by atoms with Gasteiger partial charge in [-0.1, -0.05) is 0 Å². The lowest BCUT2D eigenvalue weighted by molar-refractivity contribution is 0.0963. The van der Waals surface area contributed by atoms with Gasteiger partial charge in [0.25, 0.3) is 0 Å². The van der Waals surface area contributed by atoms with Gasteiger partial charge in [-0.25, -0.2) is 0 Å². The molecule has 0 aromatic carbocycles. The lowest BCUT2D eigenvalue weighted by Crippen LogP contribution is -2.38. The van der Waals surface area contributed by atoms with Gasteiger partial charge in [-0.15, -0.1) is 0 Å². The highest BCUT2D eigenvalue weighted by Crippen LogP contribution is 2.23. The Balaban J connectivity index is 2.65. The van der Waals surface area contributed by atoms with E-state index in [0.29, 0.717) is 0 Å². The quantitative estimate of drug-likeness (QED) is 0.740. The van der Waals surface area contributed by atoms with Crippen LogP contribution >= 0.6 is 0 Å². The Morgan fingerprint density at radius 3 is 2.65 bits per heavy atom. The number of ether oxygens (including phenoxy) is 1. The average Bonchev–Trinajstić information content (AvgIpc) is 2.65. The number of hydrogen-bond acceptors (Lipinski definition) is 4. The Bertz CT molecular complexity index is 323. The van der Waals surface area contributed by atoms with Crippen LogP contribution in [0.5, 0.6) is 0 Å². The molecule has 0 aliphatic rings. The molecule has 0 spiro atoms. The average molecular weight is 240 g/mol. The number of furan rings is 1. The van der Waals surface area contributed by atoms with Crippen LogP contribution in [0.25, 0.3) is 0 Å². The first kappa shape index (κ1) is 14.2. The monoisotopic (exact) mass is 240 g/mol. The second-order valence-electron chi connectivity index (χ2n) is 4.43. The van der Waals surface area contributed by atoms with Crippen molar-refractivity contribution in [1.29, 1.82) is 0 Å². The molecule has 2 unspecified atom stereocenters. The largest absolute Gasteiger partial charge is 0.465 e. The zero-order chi connectivity index (χ0) is 12.8. The van der Waals surface area contributed by atoms with Crippen LogP contribution in [0.1, 0.15) is 31.4 Å². The molecule has 0 radical (unpaired) electrons. The summed E-state index contributed by atoms with van der Waals surface area (Å²) in [5.41, 5.74) is 6.04. The lowest BCUT2D eigenvalue weighted by atomic mass is 10.1. The zero-order valence-corrected chi connectivity index (χ0v) is 11.3. The van der Waals surface area contributed by atoms with Gasteiger partial charge in [0.15, 0.2) is 0 Å². The number of likely N-dealkylation sites (N-methyl/N-ethyl adjacent to an activating group) is 1. The molecule has 1 heterocycles. The van der Waals surface area contributed by atoms with Crippen molar-refractivity contribution in [3.63, 3.8) is 0 Å². The standard InChI is InChI=1S/C13H24N2O2/c1-5-16-9-8-15(4)13(11(3)14)12-7-6-10(2)17-12/h6-7,11,13H,5,8-9,14H2,1-4H3. The van der Waals surface area contributed by atoms with E-state index in [1.807, 2.05) is 40.0 Å². The van der Waals surface area contributed by atoms with E-state index >= 15 is 0 Å². The van der Waals surface area contributed by atoms with Crippen molar-refractivity contribution < 1.29 is 9.15 Å². The molecule has 2 atom stereocenters. The molecular weight excluding hydrogens is 216 g/mol. The molecule has 1 aromatic heterocycles. The maximum absolute atomic E-state index is 6.04. The van der Waals surface area contributed by atoms with Crippen molar-refractivity contribution in [1.82, 2.24) is 4.90 Å². The van der Waals surface area contributed by atoms with Crippen molar-refractivity contribution in [2.24, 2.45) is 5.73 Å². The number of nitrogens with zero attached hydrogens (tertiary/aromatic N) is 1. The number of aryl methyl sites for hydroxylation is 1. The first-order valence-electron chi connectivity index (χ1n) is 6.16. The van der Waals surface area contributed by atoms with Gasteiger partial charge in [-0.05, 0) is 40.0 Å². The highest BCUT2D eigenvalue weighted by molar-refractivity contribution is 5.11. The van der Waals surface area contributed by atoms with E-state index in [9.17, 15) is 0 Å². The molecule has 0 bridgehead atoms. The first-order valence-corrected chi connectivity index (χ1v) is 6.16. The van der Waals surface area contributed by atoms with Gasteiger partial charge in [0.05, 0.1) is 12.6 Å². The van der Waals surface area contributed by atoms with Crippen molar-refractivity contribution >= 4 is 0 Å². The summed E-state index contributed by atoms with van der Waals surface area (Å²) in [6.07, 6.45) is 0. The summed E-state index contributed by atoms with van der Waals surface area (Å²) in [5.74, 6) is 1.85. The maximum atomic E-state index is 6.04. The molecule has 4 nitrogen and oxygen atoms in total. The van der Waals surface area contributed by atoms with Crippen molar-refractivity contribution in [3.8, 4) is 0 Å². The highest BCUT2D eigenvalue weighted by Gasteiger charge is 2.23. The molecular formula is C13H24N2O2. The topological polar surface area (TPSA) is 51.6 Å². The summed E-state index contributed by atoms with van der Waals surface area (Å²) in [7, 11) is 2.05. The molecule has 0 aliphatic heterocycles. The van der Waals surface area contributed by atoms with Gasteiger partial charge in [0.1, 0.15) is 11.5 Å². The first-order chi connectivity index (χ1) is 8.06. The molecule has 17 heavy (non-hydrogen) atoms. The minimum absolute atomic E-state index is 0.0205. The Morgan fingerprint density at radius 1 is 1.47 bits per heavy atom. The van der Waals surface area contributed by atoms with E-state index in [2.05, 4.69) is 4.90 Å². The molecule has 0 fully saturated rings. The normalized spacial score (nSPS) is 15.2. The second-order valence-corrected chi connectivity index (χ2v) is 4.43. The highest BCUT2D eigenvalue weighted by atomic mass is 16.5. The Labute approximate surface area is 104 Å². The van der Waals surface area contributed by atoms with Gasteiger partial charge in [-0.2, -0.15) is 0 Å². The van der Waals surface area contributed by atoms with Crippen LogP contribution in [0, 0.1) is 6.92 Å². The smallest absolute Gasteiger partial charge is 0.122 e. The van der Waals surface area contributed by atoms with Gasteiger partial charge in [0.2, 0.25) is 0 Å². The molecule has 0 saturated carbocycles. The predicted molar refractivity (Wildman–Crippen MR) is 69.0 cm³/mol. The number of hydrogen-bond donors (Lipinski definition) is 1. The summed E-state index contributed by atoms with van der Waals surface area (Å²) in [5, 5.41) is 0. The summed E-state index contributed by atoms with van der Waals surface area (Å²) < 4.78 is 11.0. The fraction of sp³-hybridized carbons (Fsp3) is 0.692. The third-order valence-electron chi connectivity index (χ3n) is 2.82. The molecule has 2 N–H and O–H groups in total. The Hall–Kier alpha value is -0.840. The summed E-state index contributed by atoms with van der Waals surface area (Å²) in [6, 6.07) is 4.10. The molecule has 1 rings (SSSR count). The molecule has 98 valence electrons. The summed E-state index contributed by atoms with van der Waals surface area (Å²) >= 11 is 0. The third-order valence-corrected chi connectivity index (χ3v) is 2.82. The second kappa shape index (κ2) is 6.79. The lowest BCUT2D eigenvalue weighted by Gasteiger charge is -2.29. The van der Waals surface area contributed by atoms with Crippen LogP contribution in [-0.2, 0) is 4.74 Å².